The average Bonchev–Trinajstić information content (AvgIpc) is 3.80. The molecule has 2 N–H and O–H groups in total. The lowest BCUT2D eigenvalue weighted by Gasteiger charge is -2.53. The summed E-state index contributed by atoms with van der Waals surface area (Å²) in [7, 11) is -3.90. The highest BCUT2D eigenvalue weighted by molar-refractivity contribution is 6.83. The van der Waals surface area contributed by atoms with Crippen molar-refractivity contribution in [2.24, 2.45) is 0 Å². The number of aliphatic hydroxyl groups is 1. The first-order valence-electron chi connectivity index (χ1n) is 21.3. The highest BCUT2D eigenvalue weighted by Gasteiger charge is 2.69. The number of hydrogen-bond donors (Lipinski definition) is 2. The third kappa shape index (κ3) is 7.95. The number of nitrogens with zero attached hydrogens (tertiary/aromatic N) is 4. The molecule has 4 aromatic carbocycles. The second-order valence-electron chi connectivity index (χ2n) is 19.3. The van der Waals surface area contributed by atoms with Crippen molar-refractivity contribution in [1.82, 2.24) is 19.5 Å². The number of carbonyl (C=O) groups excluding carboxylic acids is 1. The number of ether oxygens (including phenoxy) is 3. The zero-order valence-corrected chi connectivity index (χ0v) is 39.8. The van der Waals surface area contributed by atoms with E-state index in [0.717, 1.165) is 22.4 Å². The van der Waals surface area contributed by atoms with Gasteiger partial charge in [-0.3, -0.25) is 9.36 Å². The van der Waals surface area contributed by atoms with E-state index in [-0.39, 0.29) is 28.4 Å². The molecule has 11 nitrogen and oxygen atoms in total. The Morgan fingerprint density at radius 1 is 0.774 bits per heavy atom. The summed E-state index contributed by atoms with van der Waals surface area (Å²) in [5, 5.41) is 14.9. The van der Waals surface area contributed by atoms with Crippen LogP contribution < -0.4 is 10.1 Å². The molecular formula is C49H61N5O6Si2. The number of carbonyl (C=O) groups is 1. The largest absolute Gasteiger partial charge is 0.497 e. The van der Waals surface area contributed by atoms with Gasteiger partial charge in [-0.05, 0) is 64.1 Å². The van der Waals surface area contributed by atoms with Crippen LogP contribution in [-0.4, -0.2) is 78.1 Å². The molecule has 62 heavy (non-hydrogen) atoms. The van der Waals surface area contributed by atoms with Crippen molar-refractivity contribution < 1.29 is 28.5 Å². The number of amides is 1. The smallest absolute Gasteiger partial charge is 0.256 e. The first-order chi connectivity index (χ1) is 29.3. The molecule has 2 aromatic heterocycles. The predicted octanol–water partition coefficient (Wildman–Crippen LogP) is 10.2. The van der Waals surface area contributed by atoms with E-state index in [2.05, 4.69) is 102 Å². The minimum absolute atomic E-state index is 0.0442. The number of hydrogen-bond acceptors (Lipinski definition) is 9. The standard InChI is InChI=1S/C49H61N5O6Si2/c1-46(2,3)61(8,9)49(56)41(60-62(10,11)47(4,5)6)39(59-45(49)54-33-52-40-42(50-32-51-43(40)54)53-44(55)34-21-15-12-16-22-34)31-58-48(35-23-17-13-18-24-35,36-25-19-14-20-26-36)37-27-29-38(57-7)30-28-37/h12-30,32-33,39,41,45,56H,31H2,1-11H3,(H,50,51,53,55)/t39-,41-,45-,49+/m1/s1. The molecule has 13 heteroatoms. The molecule has 0 saturated carbocycles. The summed E-state index contributed by atoms with van der Waals surface area (Å²) >= 11 is 0. The van der Waals surface area contributed by atoms with Crippen LogP contribution in [0.15, 0.2) is 128 Å². The summed E-state index contributed by atoms with van der Waals surface area (Å²) in [5.74, 6) is 0.653. The summed E-state index contributed by atoms with van der Waals surface area (Å²) < 4.78 is 29.7. The minimum atomic E-state index is -2.93. The van der Waals surface area contributed by atoms with Crippen molar-refractivity contribution in [1.29, 1.82) is 0 Å². The van der Waals surface area contributed by atoms with Gasteiger partial charge in [0, 0.05) is 5.56 Å². The number of methoxy groups -OCH3 is 1. The van der Waals surface area contributed by atoms with Crippen molar-refractivity contribution in [2.45, 2.75) is 107 Å². The summed E-state index contributed by atoms with van der Waals surface area (Å²) in [4.78, 5) is 27.3. The maximum Gasteiger partial charge on any atom is 0.256 e. The molecule has 1 aliphatic heterocycles. The second kappa shape index (κ2) is 16.9. The van der Waals surface area contributed by atoms with Gasteiger partial charge in [-0.15, -0.1) is 0 Å². The molecule has 0 bridgehead atoms. The molecule has 4 atom stereocenters. The SMILES string of the molecule is COc1ccc(C(OC[C@H]2O[C@@H](n3cnc4c(NC(=O)c5ccccc5)ncnc43)[C@@](O)([Si](C)(C)C(C)(C)C)[C@@H]2O[Si](C)(C)C(C)(C)C)(c2ccccc2)c2ccccc2)cc1. The van der Waals surface area contributed by atoms with Crippen LogP contribution in [0.3, 0.4) is 0 Å². The number of aromatic nitrogens is 4. The fourth-order valence-electron chi connectivity index (χ4n) is 8.11. The molecule has 0 unspecified atom stereocenters. The Morgan fingerprint density at radius 3 is 1.85 bits per heavy atom. The molecule has 6 aromatic rings. The van der Waals surface area contributed by atoms with Gasteiger partial charge in [-0.2, -0.15) is 0 Å². The zero-order chi connectivity index (χ0) is 44.7. The van der Waals surface area contributed by atoms with E-state index in [0.29, 0.717) is 16.7 Å². The van der Waals surface area contributed by atoms with E-state index in [9.17, 15) is 9.90 Å². The number of rotatable bonds is 13. The Bertz CT molecular complexity index is 2430. The van der Waals surface area contributed by atoms with Crippen LogP contribution in [0, 0.1) is 0 Å². The Kier molecular flexibility index (Phi) is 12.3. The van der Waals surface area contributed by atoms with Crippen molar-refractivity contribution in [3.63, 3.8) is 0 Å². The highest BCUT2D eigenvalue weighted by Crippen LogP contribution is 2.56. The molecule has 0 aliphatic carbocycles. The number of imidazole rings is 1. The van der Waals surface area contributed by atoms with Crippen LogP contribution >= 0.6 is 0 Å². The molecular weight excluding hydrogens is 811 g/mol. The normalized spacial score (nSPS) is 20.0. The topological polar surface area (TPSA) is 130 Å². The van der Waals surface area contributed by atoms with E-state index in [4.69, 9.17) is 28.6 Å². The van der Waals surface area contributed by atoms with Crippen molar-refractivity contribution >= 4 is 39.3 Å². The molecule has 3 heterocycles. The Morgan fingerprint density at radius 2 is 1.32 bits per heavy atom. The molecule has 1 fully saturated rings. The van der Waals surface area contributed by atoms with Gasteiger partial charge in [0.05, 0.1) is 28.1 Å². The first-order valence-corrected chi connectivity index (χ1v) is 27.2. The fraction of sp³-hybridized carbons (Fsp3) is 0.388. The quantitative estimate of drug-likeness (QED) is 0.0861. The summed E-state index contributed by atoms with van der Waals surface area (Å²) in [6.07, 6.45) is 0.422. The third-order valence-corrected chi connectivity index (χ3v) is 24.5. The van der Waals surface area contributed by atoms with Crippen LogP contribution in [0.5, 0.6) is 5.75 Å². The fourth-order valence-corrected chi connectivity index (χ4v) is 12.5. The Labute approximate surface area is 368 Å². The van der Waals surface area contributed by atoms with Crippen LogP contribution in [0.1, 0.15) is 74.8 Å². The highest BCUT2D eigenvalue weighted by atomic mass is 28.4. The van der Waals surface area contributed by atoms with E-state index in [1.165, 1.54) is 6.33 Å². The van der Waals surface area contributed by atoms with Crippen molar-refractivity contribution in [3.05, 3.63) is 150 Å². The van der Waals surface area contributed by atoms with Crippen molar-refractivity contribution in [2.75, 3.05) is 19.0 Å². The number of nitrogens with one attached hydrogen (secondary N) is 1. The summed E-state index contributed by atoms with van der Waals surface area (Å²) in [6.45, 7) is 22.1. The van der Waals surface area contributed by atoms with E-state index < -0.39 is 45.7 Å². The maximum absolute atomic E-state index is 14.1. The Balaban J connectivity index is 1.40. The minimum Gasteiger partial charge on any atom is -0.497 e. The van der Waals surface area contributed by atoms with Gasteiger partial charge in [0.15, 0.2) is 31.5 Å². The van der Waals surface area contributed by atoms with Crippen LogP contribution in [-0.2, 0) is 19.5 Å². The summed E-state index contributed by atoms with van der Waals surface area (Å²) in [5.41, 5.74) is 2.90. The maximum atomic E-state index is 14.1. The van der Waals surface area contributed by atoms with Gasteiger partial charge < -0.3 is 29.1 Å². The zero-order valence-electron chi connectivity index (χ0n) is 37.8. The molecule has 0 spiro atoms. The number of benzene rings is 4. The summed E-state index contributed by atoms with van der Waals surface area (Å²) in [6, 6.07) is 37.3. The van der Waals surface area contributed by atoms with Crippen LogP contribution in [0.25, 0.3) is 11.2 Å². The molecule has 1 aliphatic rings. The average molecular weight is 872 g/mol. The predicted molar refractivity (Wildman–Crippen MR) is 250 cm³/mol. The molecule has 7 rings (SSSR count). The molecule has 326 valence electrons. The van der Waals surface area contributed by atoms with Gasteiger partial charge in [-0.1, -0.05) is 146 Å². The second-order valence-corrected chi connectivity index (χ2v) is 29.7. The van der Waals surface area contributed by atoms with Gasteiger partial charge in [0.1, 0.15) is 35.1 Å². The lowest BCUT2D eigenvalue weighted by Crippen LogP contribution is -2.69. The van der Waals surface area contributed by atoms with Gasteiger partial charge in [0.2, 0.25) is 0 Å². The third-order valence-electron chi connectivity index (χ3n) is 13.8. The van der Waals surface area contributed by atoms with E-state index in [1.54, 1.807) is 30.1 Å². The molecule has 1 amide bonds. The van der Waals surface area contributed by atoms with E-state index in [1.807, 2.05) is 78.9 Å². The molecule has 0 radical (unpaired) electrons. The number of fused-ring (bicyclic) bond motifs is 1. The number of anilines is 1. The lowest BCUT2D eigenvalue weighted by molar-refractivity contribution is -0.0954. The monoisotopic (exact) mass is 871 g/mol. The Hall–Kier alpha value is -5.03. The lowest BCUT2D eigenvalue weighted by atomic mass is 9.80. The van der Waals surface area contributed by atoms with Crippen molar-refractivity contribution in [3.8, 4) is 5.75 Å². The van der Waals surface area contributed by atoms with Gasteiger partial charge in [0.25, 0.3) is 5.91 Å². The van der Waals surface area contributed by atoms with Crippen LogP contribution in [0.2, 0.25) is 36.3 Å². The molecule has 1 saturated heterocycles. The van der Waals surface area contributed by atoms with Gasteiger partial charge in [-0.25, -0.2) is 15.0 Å². The first kappa shape index (κ1) is 45.0. The van der Waals surface area contributed by atoms with Crippen LogP contribution in [0.4, 0.5) is 5.82 Å². The van der Waals surface area contributed by atoms with E-state index >= 15 is 0 Å². The van der Waals surface area contributed by atoms with Gasteiger partial charge >= 0.3 is 0 Å².